The van der Waals surface area contributed by atoms with Gasteiger partial charge in [-0.25, -0.2) is 13.1 Å². The molecule has 0 saturated carbocycles. The van der Waals surface area contributed by atoms with Gasteiger partial charge in [-0.15, -0.1) is 0 Å². The van der Waals surface area contributed by atoms with E-state index in [-0.39, 0.29) is 17.4 Å². The van der Waals surface area contributed by atoms with Crippen LogP contribution in [0.3, 0.4) is 0 Å². The predicted octanol–water partition coefficient (Wildman–Crippen LogP) is 2.65. The summed E-state index contributed by atoms with van der Waals surface area (Å²) in [6.07, 6.45) is 1.20. The van der Waals surface area contributed by atoms with Crippen molar-refractivity contribution in [3.63, 3.8) is 0 Å². The largest absolute Gasteiger partial charge is 0.497 e. The van der Waals surface area contributed by atoms with Gasteiger partial charge < -0.3 is 14.4 Å². The Morgan fingerprint density at radius 3 is 2.79 bits per heavy atom. The maximum absolute atomic E-state index is 13.1. The predicted molar refractivity (Wildman–Crippen MR) is 112 cm³/mol. The van der Waals surface area contributed by atoms with E-state index in [4.69, 9.17) is 9.47 Å². The molecule has 2 aliphatic heterocycles. The first-order valence-corrected chi connectivity index (χ1v) is 11.5. The van der Waals surface area contributed by atoms with Gasteiger partial charge in [0.2, 0.25) is 15.9 Å². The van der Waals surface area contributed by atoms with Crippen molar-refractivity contribution in [2.24, 2.45) is 0 Å². The first-order chi connectivity index (χ1) is 13.8. The van der Waals surface area contributed by atoms with Crippen molar-refractivity contribution < 1.29 is 22.7 Å². The number of methoxy groups -OCH3 is 1. The van der Waals surface area contributed by atoms with Gasteiger partial charge in [0.15, 0.2) is 0 Å². The normalized spacial score (nSPS) is 18.0. The summed E-state index contributed by atoms with van der Waals surface area (Å²) in [6, 6.07) is 8.43. The fraction of sp³-hybridized carbons (Fsp3) is 0.350. The van der Waals surface area contributed by atoms with Crippen LogP contribution in [0.2, 0.25) is 0 Å². The maximum atomic E-state index is 13.1. The summed E-state index contributed by atoms with van der Waals surface area (Å²) < 4.78 is 40.4. The number of rotatable bonds is 4. The zero-order valence-electron chi connectivity index (χ0n) is 16.1. The Balaban J connectivity index is 1.60. The van der Waals surface area contributed by atoms with Crippen molar-refractivity contribution in [3.05, 3.63) is 45.9 Å². The molecule has 9 heteroatoms. The van der Waals surface area contributed by atoms with E-state index < -0.39 is 16.1 Å². The number of carbonyl (C=O) groups is 1. The maximum Gasteiger partial charge on any atom is 0.242 e. The number of nitrogens with zero attached hydrogens (tertiary/aromatic N) is 1. The molecule has 2 heterocycles. The Morgan fingerprint density at radius 2 is 2.07 bits per heavy atom. The van der Waals surface area contributed by atoms with E-state index in [0.717, 1.165) is 16.9 Å². The average molecular weight is 481 g/mol. The molecule has 1 N–H and O–H groups in total. The summed E-state index contributed by atoms with van der Waals surface area (Å²) in [4.78, 5) is 13.6. The van der Waals surface area contributed by atoms with Gasteiger partial charge in [0.05, 0.1) is 18.0 Å². The summed E-state index contributed by atoms with van der Waals surface area (Å²) in [5.41, 5.74) is 2.49. The van der Waals surface area contributed by atoms with E-state index >= 15 is 0 Å². The highest BCUT2D eigenvalue weighted by molar-refractivity contribution is 9.10. The van der Waals surface area contributed by atoms with Gasteiger partial charge in [-0.1, -0.05) is 0 Å². The van der Waals surface area contributed by atoms with Gasteiger partial charge >= 0.3 is 0 Å². The number of amides is 1. The van der Waals surface area contributed by atoms with Crippen molar-refractivity contribution in [1.29, 1.82) is 0 Å². The molecule has 2 aromatic carbocycles. The molecule has 2 aromatic rings. The van der Waals surface area contributed by atoms with E-state index in [2.05, 4.69) is 20.7 Å². The second-order valence-electron chi connectivity index (χ2n) is 7.14. The van der Waals surface area contributed by atoms with Crippen molar-refractivity contribution in [2.75, 3.05) is 25.2 Å². The van der Waals surface area contributed by atoms with Gasteiger partial charge in [0, 0.05) is 23.6 Å². The monoisotopic (exact) mass is 480 g/mol. The van der Waals surface area contributed by atoms with Gasteiger partial charge in [-0.2, -0.15) is 0 Å². The van der Waals surface area contributed by atoms with Gasteiger partial charge in [-0.3, -0.25) is 4.79 Å². The molecule has 0 saturated heterocycles. The number of hydrogen-bond donors (Lipinski definition) is 1. The van der Waals surface area contributed by atoms with Crippen LogP contribution >= 0.6 is 15.9 Å². The zero-order chi connectivity index (χ0) is 20.8. The van der Waals surface area contributed by atoms with Gasteiger partial charge in [0.25, 0.3) is 0 Å². The third-order valence-electron chi connectivity index (χ3n) is 5.19. The van der Waals surface area contributed by atoms with Crippen molar-refractivity contribution >= 4 is 37.5 Å². The Labute approximate surface area is 178 Å². The number of ether oxygens (including phenoxy) is 2. The van der Waals surface area contributed by atoms with Crippen LogP contribution in [0.1, 0.15) is 18.1 Å². The molecule has 0 aliphatic carbocycles. The molecule has 29 heavy (non-hydrogen) atoms. The van der Waals surface area contributed by atoms with Crippen LogP contribution < -0.4 is 19.1 Å². The third kappa shape index (κ3) is 3.86. The zero-order valence-corrected chi connectivity index (χ0v) is 18.5. The lowest BCUT2D eigenvalue weighted by atomic mass is 10.0. The SMILES string of the molecule is COc1ccc2c(c1)CC(NS(=O)(=O)c1cc3c(cc1Br)CCN3C(C)=O)CO2. The molecule has 1 atom stereocenters. The molecule has 0 spiro atoms. The molecule has 0 bridgehead atoms. The van der Waals surface area contributed by atoms with Crippen molar-refractivity contribution in [1.82, 2.24) is 4.72 Å². The Bertz CT molecular complexity index is 1090. The minimum atomic E-state index is -3.83. The molecule has 0 radical (unpaired) electrons. The summed E-state index contributed by atoms with van der Waals surface area (Å²) in [6.45, 7) is 2.28. The Morgan fingerprint density at radius 1 is 1.28 bits per heavy atom. The van der Waals surface area contributed by atoms with Crippen LogP contribution in [-0.4, -0.2) is 40.6 Å². The molecule has 2 aliphatic rings. The average Bonchev–Trinajstić information content (AvgIpc) is 3.09. The van der Waals surface area contributed by atoms with Crippen LogP contribution in [0.25, 0.3) is 0 Å². The Kier molecular flexibility index (Phi) is 5.30. The number of nitrogens with one attached hydrogen (secondary N) is 1. The quantitative estimate of drug-likeness (QED) is 0.726. The molecule has 0 aromatic heterocycles. The van der Waals surface area contributed by atoms with E-state index in [1.807, 2.05) is 18.2 Å². The minimum Gasteiger partial charge on any atom is -0.497 e. The van der Waals surface area contributed by atoms with Crippen LogP contribution in [0.5, 0.6) is 11.5 Å². The van der Waals surface area contributed by atoms with Crippen molar-refractivity contribution in [2.45, 2.75) is 30.7 Å². The minimum absolute atomic E-state index is 0.103. The van der Waals surface area contributed by atoms with Crippen LogP contribution in [-0.2, 0) is 27.7 Å². The number of anilines is 1. The highest BCUT2D eigenvalue weighted by Gasteiger charge is 2.30. The molecule has 154 valence electrons. The lowest BCUT2D eigenvalue weighted by molar-refractivity contribution is -0.116. The molecule has 1 unspecified atom stereocenters. The lowest BCUT2D eigenvalue weighted by Crippen LogP contribution is -2.42. The van der Waals surface area contributed by atoms with Crippen molar-refractivity contribution in [3.8, 4) is 11.5 Å². The smallest absolute Gasteiger partial charge is 0.242 e. The van der Waals surface area contributed by atoms with E-state index in [1.165, 1.54) is 6.92 Å². The molecular weight excluding hydrogens is 460 g/mol. The molecular formula is C20H21BrN2O5S. The Hall–Kier alpha value is -2.10. The van der Waals surface area contributed by atoms with Gasteiger partial charge in [-0.05, 0) is 70.2 Å². The summed E-state index contributed by atoms with van der Waals surface area (Å²) >= 11 is 3.38. The fourth-order valence-corrected chi connectivity index (χ4v) is 6.11. The van der Waals surface area contributed by atoms with Crippen LogP contribution in [0, 0.1) is 0 Å². The first kappa shape index (κ1) is 20.2. The summed E-state index contributed by atoms with van der Waals surface area (Å²) in [7, 11) is -2.24. The van der Waals surface area contributed by atoms with E-state index in [9.17, 15) is 13.2 Å². The summed E-state index contributed by atoms with van der Waals surface area (Å²) in [5.74, 6) is 1.33. The second-order valence-corrected chi connectivity index (χ2v) is 9.68. The fourth-order valence-electron chi connectivity index (χ4n) is 3.78. The van der Waals surface area contributed by atoms with E-state index in [1.54, 1.807) is 24.1 Å². The van der Waals surface area contributed by atoms with E-state index in [0.29, 0.717) is 35.3 Å². The first-order valence-electron chi connectivity index (χ1n) is 9.21. The number of sulfonamides is 1. The van der Waals surface area contributed by atoms with Crippen LogP contribution in [0.4, 0.5) is 5.69 Å². The van der Waals surface area contributed by atoms with Crippen LogP contribution in [0.15, 0.2) is 39.7 Å². The number of carbonyl (C=O) groups excluding carboxylic acids is 1. The standard InChI is InChI=1S/C20H21BrN2O5S/c1-12(24)23-6-5-13-9-17(21)20(10-18(13)23)29(25,26)22-15-7-14-8-16(27-2)3-4-19(14)28-11-15/h3-4,8-10,15,22H,5-7,11H2,1-2H3. The molecule has 1 amide bonds. The highest BCUT2D eigenvalue weighted by Crippen LogP contribution is 2.36. The molecule has 0 fully saturated rings. The van der Waals surface area contributed by atoms with Gasteiger partial charge in [0.1, 0.15) is 18.1 Å². The topological polar surface area (TPSA) is 84.9 Å². The second kappa shape index (κ2) is 7.62. The third-order valence-corrected chi connectivity index (χ3v) is 7.67. The number of benzene rings is 2. The number of fused-ring (bicyclic) bond motifs is 2. The summed E-state index contributed by atoms with van der Waals surface area (Å²) in [5, 5.41) is 0. The molecule has 4 rings (SSSR count). The number of halogens is 1. The number of hydrogen-bond acceptors (Lipinski definition) is 5. The molecule has 7 nitrogen and oxygen atoms in total. The highest BCUT2D eigenvalue weighted by atomic mass is 79.9. The lowest BCUT2D eigenvalue weighted by Gasteiger charge is -2.26.